The van der Waals surface area contributed by atoms with Gasteiger partial charge in [0.1, 0.15) is 0 Å². The van der Waals surface area contributed by atoms with Crippen molar-refractivity contribution in [2.75, 3.05) is 13.1 Å². The third-order valence-electron chi connectivity index (χ3n) is 3.92. The lowest BCUT2D eigenvalue weighted by Crippen LogP contribution is -2.38. The van der Waals surface area contributed by atoms with Crippen LogP contribution in [0, 0.1) is 0 Å². The number of aromatic nitrogens is 1. The monoisotopic (exact) mass is 251 g/mol. The molecule has 0 bridgehead atoms. The third-order valence-corrected chi connectivity index (χ3v) is 3.92. The molecule has 0 aromatic carbocycles. The van der Waals surface area contributed by atoms with Gasteiger partial charge in [-0.3, -0.25) is 4.90 Å². The summed E-state index contributed by atoms with van der Waals surface area (Å²) in [7, 11) is 0. The number of rotatable bonds is 4. The molecule has 2 fully saturated rings. The predicted octanol–water partition coefficient (Wildman–Crippen LogP) is 0.699. The molecule has 0 radical (unpaired) electrons. The van der Waals surface area contributed by atoms with Crippen LogP contribution in [0.1, 0.15) is 35.5 Å². The van der Waals surface area contributed by atoms with E-state index in [1.807, 2.05) is 0 Å². The maximum Gasteiger partial charge on any atom is 0.358 e. The molecule has 2 aliphatic heterocycles. The fraction of sp³-hybridized carbons (Fsp3) is 0.667. The third kappa shape index (κ3) is 2.13. The van der Waals surface area contributed by atoms with Gasteiger partial charge in [0.15, 0.2) is 11.5 Å². The van der Waals surface area contributed by atoms with Gasteiger partial charge in [0, 0.05) is 24.7 Å². The van der Waals surface area contributed by atoms with Gasteiger partial charge in [-0.05, 0) is 25.8 Å². The van der Waals surface area contributed by atoms with Gasteiger partial charge in [-0.2, -0.15) is 0 Å². The van der Waals surface area contributed by atoms with Crippen molar-refractivity contribution in [2.45, 2.75) is 37.9 Å². The van der Waals surface area contributed by atoms with E-state index >= 15 is 0 Å². The number of nitrogens with one attached hydrogen (secondary N) is 1. The molecule has 0 spiro atoms. The van der Waals surface area contributed by atoms with E-state index in [-0.39, 0.29) is 5.69 Å². The summed E-state index contributed by atoms with van der Waals surface area (Å²) in [4.78, 5) is 13.2. The summed E-state index contributed by atoms with van der Waals surface area (Å²) in [6, 6.07) is 2.62. The molecule has 2 aliphatic rings. The number of carboxylic acid groups (broad SMARTS) is 1. The van der Waals surface area contributed by atoms with Gasteiger partial charge in [0.05, 0.1) is 6.54 Å². The largest absolute Gasteiger partial charge is 0.476 e. The second kappa shape index (κ2) is 4.70. The summed E-state index contributed by atoms with van der Waals surface area (Å²) in [5.74, 6) is -0.461. The Morgan fingerprint density at radius 1 is 1.56 bits per heavy atom. The average Bonchev–Trinajstić information content (AvgIpc) is 3.03. The number of carbonyl (C=O) groups is 1. The van der Waals surface area contributed by atoms with E-state index in [4.69, 9.17) is 9.63 Å². The quantitative estimate of drug-likeness (QED) is 0.820. The van der Waals surface area contributed by atoms with E-state index in [0.29, 0.717) is 24.4 Å². The molecule has 18 heavy (non-hydrogen) atoms. The van der Waals surface area contributed by atoms with Crippen LogP contribution in [0.5, 0.6) is 0 Å². The molecule has 1 aromatic rings. The second-order valence-electron chi connectivity index (χ2n) is 5.01. The number of hydrogen-bond donors (Lipinski definition) is 2. The second-order valence-corrected chi connectivity index (χ2v) is 5.01. The zero-order valence-electron chi connectivity index (χ0n) is 10.1. The van der Waals surface area contributed by atoms with Crippen molar-refractivity contribution in [3.05, 3.63) is 17.5 Å². The Balaban J connectivity index is 1.56. The highest BCUT2D eigenvalue weighted by molar-refractivity contribution is 5.85. The molecule has 0 amide bonds. The molecule has 0 saturated carbocycles. The van der Waals surface area contributed by atoms with Crippen LogP contribution in [-0.4, -0.2) is 46.3 Å². The van der Waals surface area contributed by atoms with Crippen LogP contribution in [0.25, 0.3) is 0 Å². The van der Waals surface area contributed by atoms with Gasteiger partial charge in [0.2, 0.25) is 0 Å². The minimum atomic E-state index is -1.05. The fourth-order valence-electron chi connectivity index (χ4n) is 3.05. The highest BCUT2D eigenvalue weighted by Crippen LogP contribution is 2.28. The number of aromatic carboxylic acids is 1. The number of fused-ring (bicyclic) bond motifs is 1. The van der Waals surface area contributed by atoms with Crippen molar-refractivity contribution in [3.63, 3.8) is 0 Å². The van der Waals surface area contributed by atoms with E-state index in [1.165, 1.54) is 32.0 Å². The highest BCUT2D eigenvalue weighted by atomic mass is 16.5. The van der Waals surface area contributed by atoms with Crippen LogP contribution in [-0.2, 0) is 6.54 Å². The SMILES string of the molecule is O=C(O)c1cc(CNC2CCN3CCCC23)on1. The van der Waals surface area contributed by atoms with Gasteiger partial charge in [-0.25, -0.2) is 4.79 Å². The Hall–Kier alpha value is -1.40. The van der Waals surface area contributed by atoms with Gasteiger partial charge < -0.3 is 14.9 Å². The fourth-order valence-corrected chi connectivity index (χ4v) is 3.05. The molecule has 2 atom stereocenters. The lowest BCUT2D eigenvalue weighted by molar-refractivity contribution is 0.0685. The minimum absolute atomic E-state index is 0.0271. The Labute approximate surface area is 105 Å². The normalized spacial score (nSPS) is 27.6. The average molecular weight is 251 g/mol. The van der Waals surface area contributed by atoms with E-state index in [0.717, 1.165) is 6.42 Å². The first-order valence-electron chi connectivity index (χ1n) is 6.40. The number of hydrogen-bond acceptors (Lipinski definition) is 5. The van der Waals surface area contributed by atoms with Crippen LogP contribution in [0.2, 0.25) is 0 Å². The summed E-state index contributed by atoms with van der Waals surface area (Å²) in [5, 5.41) is 15.7. The smallest absolute Gasteiger partial charge is 0.358 e. The molecule has 2 unspecified atom stereocenters. The van der Waals surface area contributed by atoms with E-state index < -0.39 is 5.97 Å². The Morgan fingerprint density at radius 3 is 3.22 bits per heavy atom. The Morgan fingerprint density at radius 2 is 2.44 bits per heavy atom. The summed E-state index contributed by atoms with van der Waals surface area (Å²) in [5.41, 5.74) is -0.0271. The number of nitrogens with zero attached hydrogens (tertiary/aromatic N) is 2. The molecule has 2 N–H and O–H groups in total. The summed E-state index contributed by atoms with van der Waals surface area (Å²) >= 11 is 0. The first kappa shape index (κ1) is 11.7. The van der Waals surface area contributed by atoms with Crippen LogP contribution in [0.15, 0.2) is 10.6 Å². The van der Waals surface area contributed by atoms with E-state index in [9.17, 15) is 4.79 Å². The van der Waals surface area contributed by atoms with Gasteiger partial charge >= 0.3 is 5.97 Å². The predicted molar refractivity (Wildman–Crippen MR) is 63.3 cm³/mol. The van der Waals surface area contributed by atoms with E-state index in [1.54, 1.807) is 0 Å². The van der Waals surface area contributed by atoms with Crippen LogP contribution in [0.4, 0.5) is 0 Å². The molecular weight excluding hydrogens is 234 g/mol. The zero-order chi connectivity index (χ0) is 12.5. The molecule has 3 rings (SSSR count). The molecule has 2 saturated heterocycles. The first-order valence-corrected chi connectivity index (χ1v) is 6.40. The number of carboxylic acids is 1. The topological polar surface area (TPSA) is 78.6 Å². The van der Waals surface area contributed by atoms with Crippen molar-refractivity contribution in [3.8, 4) is 0 Å². The zero-order valence-corrected chi connectivity index (χ0v) is 10.1. The van der Waals surface area contributed by atoms with Crippen LogP contribution >= 0.6 is 0 Å². The van der Waals surface area contributed by atoms with Crippen molar-refractivity contribution >= 4 is 5.97 Å². The van der Waals surface area contributed by atoms with Crippen molar-refractivity contribution < 1.29 is 14.4 Å². The van der Waals surface area contributed by atoms with Crippen LogP contribution < -0.4 is 5.32 Å². The first-order chi connectivity index (χ1) is 8.74. The molecule has 6 heteroatoms. The maximum atomic E-state index is 10.7. The van der Waals surface area contributed by atoms with Crippen molar-refractivity contribution in [1.29, 1.82) is 0 Å². The lowest BCUT2D eigenvalue weighted by Gasteiger charge is -2.20. The van der Waals surface area contributed by atoms with Gasteiger partial charge in [-0.15, -0.1) is 0 Å². The molecule has 3 heterocycles. The van der Waals surface area contributed by atoms with Gasteiger partial charge in [0.25, 0.3) is 0 Å². The summed E-state index contributed by atoms with van der Waals surface area (Å²) in [6.07, 6.45) is 3.70. The van der Waals surface area contributed by atoms with Crippen LogP contribution in [0.3, 0.4) is 0 Å². The lowest BCUT2D eigenvalue weighted by atomic mass is 10.1. The molecule has 98 valence electrons. The Bertz CT molecular complexity index is 446. The molecule has 0 aliphatic carbocycles. The van der Waals surface area contributed by atoms with Crippen molar-refractivity contribution in [1.82, 2.24) is 15.4 Å². The van der Waals surface area contributed by atoms with E-state index in [2.05, 4.69) is 15.4 Å². The molecule has 6 nitrogen and oxygen atoms in total. The standard InChI is InChI=1S/C12H17N3O3/c16-12(17)10-6-8(18-14-10)7-13-9-3-5-15-4-1-2-11(9)15/h6,9,11,13H,1-5,7H2,(H,16,17). The minimum Gasteiger partial charge on any atom is -0.476 e. The van der Waals surface area contributed by atoms with Crippen molar-refractivity contribution in [2.24, 2.45) is 0 Å². The Kier molecular flexibility index (Phi) is 3.05. The molecular formula is C12H17N3O3. The summed E-state index contributed by atoms with van der Waals surface area (Å²) < 4.78 is 4.99. The van der Waals surface area contributed by atoms with Gasteiger partial charge in [-0.1, -0.05) is 5.16 Å². The maximum absolute atomic E-state index is 10.7. The molecule has 1 aromatic heterocycles. The highest BCUT2D eigenvalue weighted by Gasteiger charge is 2.36. The summed E-state index contributed by atoms with van der Waals surface area (Å²) in [6.45, 7) is 2.93.